The number of para-hydroxylation sites is 2. The second-order valence-electron chi connectivity index (χ2n) is 4.54. The molecule has 0 aliphatic carbocycles. The van der Waals surface area contributed by atoms with Crippen molar-refractivity contribution >= 4 is 5.97 Å². The quantitative estimate of drug-likeness (QED) is 0.417. The van der Waals surface area contributed by atoms with Gasteiger partial charge in [-0.25, -0.2) is 0 Å². The summed E-state index contributed by atoms with van der Waals surface area (Å²) >= 11 is 0. The highest BCUT2D eigenvalue weighted by Gasteiger charge is 2.10. The Bertz CT molecular complexity index is 372. The van der Waals surface area contributed by atoms with E-state index < -0.39 is 0 Å². The summed E-state index contributed by atoms with van der Waals surface area (Å²) in [7, 11) is 0. The Kier molecular flexibility index (Phi) is 6.26. The van der Waals surface area contributed by atoms with Crippen molar-refractivity contribution in [2.75, 3.05) is 0 Å². The van der Waals surface area contributed by atoms with Crippen LogP contribution in [0.4, 0.5) is 0 Å². The van der Waals surface area contributed by atoms with Crippen molar-refractivity contribution < 1.29 is 14.3 Å². The minimum atomic E-state index is -0.191. The maximum absolute atomic E-state index is 11.6. The van der Waals surface area contributed by atoms with E-state index in [1.54, 1.807) is 6.07 Å². The van der Waals surface area contributed by atoms with Gasteiger partial charge in [0.25, 0.3) is 0 Å². The molecule has 3 heteroatoms. The molecule has 0 N–H and O–H groups in total. The first kappa shape index (κ1) is 14.6. The average molecular weight is 250 g/mol. The first-order valence-electron chi connectivity index (χ1n) is 6.59. The van der Waals surface area contributed by atoms with Crippen LogP contribution in [0, 0.1) is 0 Å². The molecule has 0 unspecified atom stereocenters. The highest BCUT2D eigenvalue weighted by Crippen LogP contribution is 2.27. The lowest BCUT2D eigenvalue weighted by Gasteiger charge is -2.13. The van der Waals surface area contributed by atoms with Gasteiger partial charge in [-0.1, -0.05) is 31.9 Å². The van der Waals surface area contributed by atoms with Gasteiger partial charge in [0.1, 0.15) is 0 Å². The zero-order chi connectivity index (χ0) is 13.4. The summed E-state index contributed by atoms with van der Waals surface area (Å²) in [6, 6.07) is 7.28. The molecule has 3 nitrogen and oxygen atoms in total. The molecule has 0 spiro atoms. The zero-order valence-corrected chi connectivity index (χ0v) is 11.4. The third kappa shape index (κ3) is 5.21. The Morgan fingerprint density at radius 3 is 2.44 bits per heavy atom. The van der Waals surface area contributed by atoms with Crippen LogP contribution in [0.2, 0.25) is 0 Å². The Labute approximate surface area is 109 Å². The summed E-state index contributed by atoms with van der Waals surface area (Å²) in [5.74, 6) is 0.937. The lowest BCUT2D eigenvalue weighted by Crippen LogP contribution is -2.11. The highest BCUT2D eigenvalue weighted by molar-refractivity contribution is 5.73. The van der Waals surface area contributed by atoms with Crippen LogP contribution in [0.5, 0.6) is 11.5 Å². The van der Waals surface area contributed by atoms with E-state index in [0.29, 0.717) is 17.9 Å². The number of unbranched alkanes of at least 4 members (excludes halogenated alkanes) is 2. The summed E-state index contributed by atoms with van der Waals surface area (Å²) in [6.45, 7) is 6.00. The van der Waals surface area contributed by atoms with Gasteiger partial charge in [0.15, 0.2) is 11.5 Å². The molecule has 1 aromatic rings. The number of hydrogen-bond donors (Lipinski definition) is 0. The first-order valence-corrected chi connectivity index (χ1v) is 6.59. The van der Waals surface area contributed by atoms with Gasteiger partial charge in [-0.15, -0.1) is 0 Å². The van der Waals surface area contributed by atoms with Crippen molar-refractivity contribution in [2.24, 2.45) is 0 Å². The topological polar surface area (TPSA) is 35.5 Å². The molecule has 0 saturated carbocycles. The molecule has 0 bridgehead atoms. The highest BCUT2D eigenvalue weighted by atomic mass is 16.6. The van der Waals surface area contributed by atoms with Crippen molar-refractivity contribution in [3.05, 3.63) is 24.3 Å². The molecule has 1 aromatic carbocycles. The van der Waals surface area contributed by atoms with Gasteiger partial charge in [-0.3, -0.25) is 4.79 Å². The number of hydrogen-bond acceptors (Lipinski definition) is 3. The maximum atomic E-state index is 11.6. The van der Waals surface area contributed by atoms with E-state index in [2.05, 4.69) is 6.92 Å². The van der Waals surface area contributed by atoms with Gasteiger partial charge in [0.2, 0.25) is 0 Å². The predicted molar refractivity (Wildman–Crippen MR) is 72.0 cm³/mol. The third-order valence-corrected chi connectivity index (χ3v) is 2.42. The molecule has 1 rings (SSSR count). The van der Waals surface area contributed by atoms with Crippen molar-refractivity contribution in [3.63, 3.8) is 0 Å². The number of ether oxygens (including phenoxy) is 2. The molecular weight excluding hydrogens is 228 g/mol. The molecule has 0 aromatic heterocycles. The Morgan fingerprint density at radius 2 is 1.83 bits per heavy atom. The Hall–Kier alpha value is -1.51. The van der Waals surface area contributed by atoms with Crippen molar-refractivity contribution in [2.45, 2.75) is 52.6 Å². The summed E-state index contributed by atoms with van der Waals surface area (Å²) in [4.78, 5) is 11.6. The monoisotopic (exact) mass is 250 g/mol. The standard InChI is InChI=1S/C15H22O3/c1-4-5-6-11-15(16)18-14-10-8-7-9-13(14)17-12(2)3/h7-10,12H,4-6,11H2,1-3H3. The summed E-state index contributed by atoms with van der Waals surface area (Å²) in [6.07, 6.45) is 3.55. The molecule has 18 heavy (non-hydrogen) atoms. The molecule has 0 aliphatic heterocycles. The zero-order valence-electron chi connectivity index (χ0n) is 11.4. The number of esters is 1. The lowest BCUT2D eigenvalue weighted by atomic mass is 10.2. The molecular formula is C15H22O3. The fraction of sp³-hybridized carbons (Fsp3) is 0.533. The second-order valence-corrected chi connectivity index (χ2v) is 4.54. The van der Waals surface area contributed by atoms with E-state index >= 15 is 0 Å². The molecule has 0 aliphatic rings. The van der Waals surface area contributed by atoms with Crippen LogP contribution in [-0.4, -0.2) is 12.1 Å². The van der Waals surface area contributed by atoms with Crippen molar-refractivity contribution in [3.8, 4) is 11.5 Å². The molecule has 0 saturated heterocycles. The predicted octanol–water partition coefficient (Wildman–Crippen LogP) is 3.96. The van der Waals surface area contributed by atoms with Gasteiger partial charge < -0.3 is 9.47 Å². The van der Waals surface area contributed by atoms with Crippen LogP contribution in [-0.2, 0) is 4.79 Å². The third-order valence-electron chi connectivity index (χ3n) is 2.42. The van der Waals surface area contributed by atoms with Gasteiger partial charge in [-0.2, -0.15) is 0 Å². The summed E-state index contributed by atoms with van der Waals surface area (Å²) in [5, 5.41) is 0. The van der Waals surface area contributed by atoms with Crippen LogP contribution in [0.3, 0.4) is 0 Å². The van der Waals surface area contributed by atoms with Gasteiger partial charge in [-0.05, 0) is 32.4 Å². The van der Waals surface area contributed by atoms with Crippen LogP contribution in [0.25, 0.3) is 0 Å². The van der Waals surface area contributed by atoms with Crippen LogP contribution >= 0.6 is 0 Å². The molecule has 0 radical (unpaired) electrons. The van der Waals surface area contributed by atoms with Crippen molar-refractivity contribution in [1.82, 2.24) is 0 Å². The Balaban J connectivity index is 2.57. The molecule has 0 amide bonds. The Morgan fingerprint density at radius 1 is 1.17 bits per heavy atom. The van der Waals surface area contributed by atoms with E-state index in [1.165, 1.54) is 0 Å². The SMILES string of the molecule is CCCCCC(=O)Oc1ccccc1OC(C)C. The van der Waals surface area contributed by atoms with E-state index in [9.17, 15) is 4.79 Å². The number of benzene rings is 1. The van der Waals surface area contributed by atoms with E-state index in [4.69, 9.17) is 9.47 Å². The number of carbonyl (C=O) groups is 1. The normalized spacial score (nSPS) is 10.4. The van der Waals surface area contributed by atoms with E-state index in [1.807, 2.05) is 32.0 Å². The van der Waals surface area contributed by atoms with E-state index in [-0.39, 0.29) is 12.1 Å². The summed E-state index contributed by atoms with van der Waals surface area (Å²) in [5.41, 5.74) is 0. The van der Waals surface area contributed by atoms with Gasteiger partial charge >= 0.3 is 5.97 Å². The van der Waals surface area contributed by atoms with Gasteiger partial charge in [0, 0.05) is 6.42 Å². The number of carbonyl (C=O) groups excluding carboxylic acids is 1. The molecule has 100 valence electrons. The minimum absolute atomic E-state index is 0.0601. The maximum Gasteiger partial charge on any atom is 0.311 e. The lowest BCUT2D eigenvalue weighted by molar-refractivity contribution is -0.134. The van der Waals surface area contributed by atoms with Gasteiger partial charge in [0.05, 0.1) is 6.10 Å². The van der Waals surface area contributed by atoms with Crippen LogP contribution in [0.15, 0.2) is 24.3 Å². The minimum Gasteiger partial charge on any atom is -0.487 e. The molecule has 0 atom stereocenters. The second kappa shape index (κ2) is 7.75. The van der Waals surface area contributed by atoms with E-state index in [0.717, 1.165) is 19.3 Å². The fourth-order valence-electron chi connectivity index (χ4n) is 1.58. The molecule has 0 fully saturated rings. The average Bonchev–Trinajstić information content (AvgIpc) is 2.31. The van der Waals surface area contributed by atoms with Crippen molar-refractivity contribution in [1.29, 1.82) is 0 Å². The largest absolute Gasteiger partial charge is 0.487 e. The smallest absolute Gasteiger partial charge is 0.311 e. The molecule has 0 heterocycles. The fourth-order valence-corrected chi connectivity index (χ4v) is 1.58. The van der Waals surface area contributed by atoms with Crippen LogP contribution in [0.1, 0.15) is 46.5 Å². The van der Waals surface area contributed by atoms with Crippen LogP contribution < -0.4 is 9.47 Å². The first-order chi connectivity index (χ1) is 8.63. The number of rotatable bonds is 7. The summed E-state index contributed by atoms with van der Waals surface area (Å²) < 4.78 is 10.9.